The summed E-state index contributed by atoms with van der Waals surface area (Å²) in [5.74, 6) is 0.371. The summed E-state index contributed by atoms with van der Waals surface area (Å²) in [6.07, 6.45) is 5.99. The Morgan fingerprint density at radius 2 is 1.96 bits per heavy atom. The maximum atomic E-state index is 12.5. The Balaban J connectivity index is 1.75. The molecule has 4 N–H and O–H groups in total. The predicted molar refractivity (Wildman–Crippen MR) is 98.8 cm³/mol. The molecule has 1 fully saturated rings. The Kier molecular flexibility index (Phi) is 5.37. The Labute approximate surface area is 152 Å². The molecule has 0 atom stereocenters. The number of benzene rings is 1. The highest BCUT2D eigenvalue weighted by molar-refractivity contribution is 5.96. The van der Waals surface area contributed by atoms with Crippen molar-refractivity contribution < 1.29 is 14.6 Å². The second kappa shape index (κ2) is 7.70. The number of nitrogens with one attached hydrogen (secondary N) is 1. The van der Waals surface area contributed by atoms with Gasteiger partial charge in [-0.15, -0.1) is 0 Å². The number of methoxy groups -OCH3 is 1. The molecule has 1 aromatic carbocycles. The van der Waals surface area contributed by atoms with E-state index in [4.69, 9.17) is 10.5 Å². The van der Waals surface area contributed by atoms with Crippen LogP contribution in [0.3, 0.4) is 0 Å². The number of anilines is 1. The van der Waals surface area contributed by atoms with Gasteiger partial charge in [0.25, 0.3) is 5.91 Å². The first-order valence-corrected chi connectivity index (χ1v) is 8.78. The van der Waals surface area contributed by atoms with Crippen molar-refractivity contribution >= 4 is 11.7 Å². The molecule has 0 saturated heterocycles. The summed E-state index contributed by atoms with van der Waals surface area (Å²) in [5.41, 5.74) is 6.41. The van der Waals surface area contributed by atoms with Crippen LogP contribution in [0.25, 0.3) is 11.3 Å². The number of rotatable bonds is 5. The second-order valence-corrected chi connectivity index (χ2v) is 6.69. The highest BCUT2D eigenvalue weighted by atomic mass is 16.5. The van der Waals surface area contributed by atoms with Crippen molar-refractivity contribution in [3.8, 4) is 17.0 Å². The van der Waals surface area contributed by atoms with Crippen molar-refractivity contribution in [3.63, 3.8) is 0 Å². The molecule has 2 aromatic rings. The van der Waals surface area contributed by atoms with Gasteiger partial charge < -0.3 is 20.9 Å². The first-order chi connectivity index (χ1) is 12.5. The first kappa shape index (κ1) is 18.1. The van der Waals surface area contributed by atoms with Crippen molar-refractivity contribution in [2.75, 3.05) is 19.4 Å². The molecule has 138 valence electrons. The van der Waals surface area contributed by atoms with Crippen LogP contribution in [0.4, 0.5) is 5.82 Å². The molecule has 0 spiro atoms. The van der Waals surface area contributed by atoms with Gasteiger partial charge in [0.1, 0.15) is 5.75 Å². The monoisotopic (exact) mass is 356 g/mol. The molecular formula is C19H24N4O3. The van der Waals surface area contributed by atoms with Gasteiger partial charge in [-0.3, -0.25) is 4.79 Å². The van der Waals surface area contributed by atoms with Gasteiger partial charge in [-0.25, -0.2) is 9.97 Å². The number of aromatic nitrogens is 2. The molecular weight excluding hydrogens is 332 g/mol. The first-order valence-electron chi connectivity index (χ1n) is 8.78. The molecule has 1 amide bonds. The van der Waals surface area contributed by atoms with Gasteiger partial charge in [0, 0.05) is 12.1 Å². The number of hydrogen-bond acceptors (Lipinski definition) is 6. The molecule has 7 heteroatoms. The van der Waals surface area contributed by atoms with Crippen molar-refractivity contribution in [1.29, 1.82) is 0 Å². The maximum absolute atomic E-state index is 12.5. The van der Waals surface area contributed by atoms with Crippen LogP contribution in [0.15, 0.2) is 30.5 Å². The van der Waals surface area contributed by atoms with Crippen LogP contribution in [-0.4, -0.2) is 40.2 Å². The molecule has 3 rings (SSSR count). The van der Waals surface area contributed by atoms with Crippen LogP contribution in [0.1, 0.15) is 42.6 Å². The van der Waals surface area contributed by atoms with Gasteiger partial charge >= 0.3 is 0 Å². The van der Waals surface area contributed by atoms with E-state index in [9.17, 15) is 9.90 Å². The third-order valence-electron chi connectivity index (χ3n) is 4.76. The number of nitrogens with zero attached hydrogens (tertiary/aromatic N) is 2. The van der Waals surface area contributed by atoms with Crippen LogP contribution in [-0.2, 0) is 0 Å². The Morgan fingerprint density at radius 1 is 1.27 bits per heavy atom. The molecule has 7 nitrogen and oxygen atoms in total. The summed E-state index contributed by atoms with van der Waals surface area (Å²) < 4.78 is 5.14. The van der Waals surface area contributed by atoms with Crippen LogP contribution in [0.5, 0.6) is 5.75 Å². The van der Waals surface area contributed by atoms with Gasteiger partial charge in [0.15, 0.2) is 11.5 Å². The van der Waals surface area contributed by atoms with Crippen LogP contribution < -0.4 is 15.8 Å². The summed E-state index contributed by atoms with van der Waals surface area (Å²) in [5, 5.41) is 13.3. The lowest BCUT2D eigenvalue weighted by atomic mass is 9.85. The predicted octanol–water partition coefficient (Wildman–Crippen LogP) is 2.16. The molecule has 1 aliphatic carbocycles. The minimum atomic E-state index is -0.844. The van der Waals surface area contributed by atoms with E-state index in [0.717, 1.165) is 30.6 Å². The highest BCUT2D eigenvalue weighted by Crippen LogP contribution is 2.27. The van der Waals surface area contributed by atoms with E-state index in [0.29, 0.717) is 18.5 Å². The average Bonchev–Trinajstić information content (AvgIpc) is 2.67. The fourth-order valence-electron chi connectivity index (χ4n) is 3.18. The Morgan fingerprint density at radius 3 is 2.62 bits per heavy atom. The van der Waals surface area contributed by atoms with E-state index in [1.807, 2.05) is 24.3 Å². The zero-order valence-corrected chi connectivity index (χ0v) is 14.9. The van der Waals surface area contributed by atoms with Crippen LogP contribution >= 0.6 is 0 Å². The molecule has 1 heterocycles. The number of nitrogens with two attached hydrogens (primary N) is 1. The minimum absolute atomic E-state index is 0.0652. The third-order valence-corrected chi connectivity index (χ3v) is 4.76. The normalized spacial score (nSPS) is 16.1. The van der Waals surface area contributed by atoms with E-state index in [-0.39, 0.29) is 18.1 Å². The molecule has 0 aliphatic heterocycles. The van der Waals surface area contributed by atoms with Gasteiger partial charge in [-0.2, -0.15) is 0 Å². The number of aliphatic hydroxyl groups is 1. The summed E-state index contributed by atoms with van der Waals surface area (Å²) in [6.45, 7) is 0.194. The quantitative estimate of drug-likeness (QED) is 0.757. The number of amides is 1. The van der Waals surface area contributed by atoms with Crippen molar-refractivity contribution in [3.05, 3.63) is 36.2 Å². The maximum Gasteiger partial charge on any atom is 0.273 e. The number of carbonyl (C=O) groups is 1. The molecule has 0 bridgehead atoms. The Hall–Kier alpha value is -2.67. The number of nitrogen functional groups attached to an aromatic ring is 1. The highest BCUT2D eigenvalue weighted by Gasteiger charge is 2.30. The van der Waals surface area contributed by atoms with Crippen molar-refractivity contribution in [1.82, 2.24) is 15.3 Å². The number of carbonyl (C=O) groups excluding carboxylic acids is 1. The van der Waals surface area contributed by atoms with E-state index in [2.05, 4.69) is 15.3 Å². The van der Waals surface area contributed by atoms with Gasteiger partial charge in [0.2, 0.25) is 0 Å². The molecule has 0 unspecified atom stereocenters. The lowest BCUT2D eigenvalue weighted by Gasteiger charge is -2.32. The average molecular weight is 356 g/mol. The van der Waals surface area contributed by atoms with E-state index < -0.39 is 11.5 Å². The zero-order chi connectivity index (χ0) is 18.6. The summed E-state index contributed by atoms with van der Waals surface area (Å²) >= 11 is 0. The smallest absolute Gasteiger partial charge is 0.273 e. The largest absolute Gasteiger partial charge is 0.497 e. The standard InChI is InChI=1S/C19H24N4O3/c1-26-14-7-5-13(6-8-14)15-11-21-17(20)16(23-15)18(24)22-12-19(25)9-3-2-4-10-19/h5-8,11,25H,2-4,9-10,12H2,1H3,(H2,20,21)(H,22,24). The number of hydrogen-bond donors (Lipinski definition) is 3. The fourth-order valence-corrected chi connectivity index (χ4v) is 3.18. The third kappa shape index (κ3) is 4.11. The zero-order valence-electron chi connectivity index (χ0n) is 14.9. The van der Waals surface area contributed by atoms with Crippen molar-refractivity contribution in [2.24, 2.45) is 0 Å². The van der Waals surface area contributed by atoms with E-state index in [1.165, 1.54) is 6.20 Å². The molecule has 1 aromatic heterocycles. The van der Waals surface area contributed by atoms with E-state index in [1.54, 1.807) is 7.11 Å². The summed E-state index contributed by atoms with van der Waals surface area (Å²) in [6, 6.07) is 7.30. The van der Waals surface area contributed by atoms with Crippen LogP contribution in [0.2, 0.25) is 0 Å². The van der Waals surface area contributed by atoms with Crippen molar-refractivity contribution in [2.45, 2.75) is 37.7 Å². The van der Waals surface area contributed by atoms with Crippen LogP contribution in [0, 0.1) is 0 Å². The van der Waals surface area contributed by atoms with Gasteiger partial charge in [0.05, 0.1) is 24.6 Å². The summed E-state index contributed by atoms with van der Waals surface area (Å²) in [4.78, 5) is 21.0. The fraction of sp³-hybridized carbons (Fsp3) is 0.421. The summed E-state index contributed by atoms with van der Waals surface area (Å²) in [7, 11) is 1.60. The SMILES string of the molecule is COc1ccc(-c2cnc(N)c(C(=O)NCC3(O)CCCCC3)n2)cc1. The van der Waals surface area contributed by atoms with E-state index >= 15 is 0 Å². The number of ether oxygens (including phenoxy) is 1. The second-order valence-electron chi connectivity index (χ2n) is 6.69. The molecule has 0 radical (unpaired) electrons. The van der Waals surface area contributed by atoms with Gasteiger partial charge in [-0.05, 0) is 37.1 Å². The molecule has 1 aliphatic rings. The minimum Gasteiger partial charge on any atom is -0.497 e. The molecule has 1 saturated carbocycles. The van der Waals surface area contributed by atoms with Gasteiger partial charge in [-0.1, -0.05) is 19.3 Å². The Bertz CT molecular complexity index is 771. The lowest BCUT2D eigenvalue weighted by Crippen LogP contribution is -2.44. The topological polar surface area (TPSA) is 110 Å². The molecule has 26 heavy (non-hydrogen) atoms. The lowest BCUT2D eigenvalue weighted by molar-refractivity contribution is 0.00521.